The van der Waals surface area contributed by atoms with Gasteiger partial charge in [-0.2, -0.15) is 0 Å². The summed E-state index contributed by atoms with van der Waals surface area (Å²) in [6.45, 7) is -0.0146. The zero-order chi connectivity index (χ0) is 15.3. The zero-order valence-corrected chi connectivity index (χ0v) is 13.3. The van der Waals surface area contributed by atoms with Gasteiger partial charge in [0.25, 0.3) is 5.91 Å². The molecule has 0 aliphatic rings. The Morgan fingerprint density at radius 1 is 1.14 bits per heavy atom. The standard InChI is InChI=1S/C13H13BrN2O4S/c14-12-7-6-11(20-12)13(17)15-8-9-21(18,19)16-10-4-2-1-3-5-10/h1-7,16H,8-9H2,(H,15,17). The molecule has 0 saturated carbocycles. The van der Waals surface area contributed by atoms with Gasteiger partial charge in [0.1, 0.15) is 0 Å². The van der Waals surface area contributed by atoms with Crippen LogP contribution in [0.2, 0.25) is 0 Å². The van der Waals surface area contributed by atoms with Gasteiger partial charge in [-0.15, -0.1) is 0 Å². The van der Waals surface area contributed by atoms with Crippen LogP contribution in [0.1, 0.15) is 10.6 Å². The Hall–Kier alpha value is -1.80. The molecule has 0 aliphatic carbocycles. The van der Waals surface area contributed by atoms with Crippen LogP contribution in [0.3, 0.4) is 0 Å². The van der Waals surface area contributed by atoms with Crippen LogP contribution in [0, 0.1) is 0 Å². The molecule has 1 aromatic heterocycles. The highest BCUT2D eigenvalue weighted by Gasteiger charge is 2.13. The maximum Gasteiger partial charge on any atom is 0.287 e. The maximum atomic E-state index is 11.8. The van der Waals surface area contributed by atoms with E-state index in [-0.39, 0.29) is 18.1 Å². The Labute approximate surface area is 130 Å². The predicted octanol–water partition coefficient (Wildman–Crippen LogP) is 2.21. The first-order valence-corrected chi connectivity index (χ1v) is 8.50. The molecule has 0 saturated heterocycles. The average molecular weight is 373 g/mol. The molecule has 0 atom stereocenters. The van der Waals surface area contributed by atoms with Gasteiger partial charge in [0.05, 0.1) is 5.75 Å². The lowest BCUT2D eigenvalue weighted by Crippen LogP contribution is -2.31. The number of furan rings is 1. The van der Waals surface area contributed by atoms with Crippen molar-refractivity contribution in [2.45, 2.75) is 0 Å². The molecule has 8 heteroatoms. The van der Waals surface area contributed by atoms with Crippen LogP contribution in [-0.4, -0.2) is 26.6 Å². The number of sulfonamides is 1. The molecule has 1 amide bonds. The minimum absolute atomic E-state index is 0.0146. The molecule has 6 nitrogen and oxygen atoms in total. The van der Waals surface area contributed by atoms with Gasteiger partial charge in [-0.3, -0.25) is 9.52 Å². The van der Waals surface area contributed by atoms with Crippen LogP contribution in [0.5, 0.6) is 0 Å². The molecule has 2 rings (SSSR count). The van der Waals surface area contributed by atoms with Crippen LogP contribution in [0.4, 0.5) is 5.69 Å². The van der Waals surface area contributed by atoms with Crippen molar-refractivity contribution in [2.75, 3.05) is 17.0 Å². The van der Waals surface area contributed by atoms with Gasteiger partial charge in [-0.25, -0.2) is 8.42 Å². The number of halogens is 1. The Morgan fingerprint density at radius 2 is 1.86 bits per heavy atom. The lowest BCUT2D eigenvalue weighted by molar-refractivity contribution is 0.0927. The van der Waals surface area contributed by atoms with Crippen molar-refractivity contribution in [3.63, 3.8) is 0 Å². The molecule has 0 bridgehead atoms. The number of nitrogens with one attached hydrogen (secondary N) is 2. The molecular formula is C13H13BrN2O4S. The van der Waals surface area contributed by atoms with Crippen molar-refractivity contribution in [3.05, 3.63) is 52.9 Å². The van der Waals surface area contributed by atoms with Crippen LogP contribution in [0.25, 0.3) is 0 Å². The summed E-state index contributed by atoms with van der Waals surface area (Å²) in [4.78, 5) is 11.7. The van der Waals surface area contributed by atoms with Crippen molar-refractivity contribution in [1.82, 2.24) is 5.32 Å². The van der Waals surface area contributed by atoms with Gasteiger partial charge in [-0.05, 0) is 40.2 Å². The summed E-state index contributed by atoms with van der Waals surface area (Å²) < 4.78 is 31.6. The minimum atomic E-state index is -3.51. The van der Waals surface area contributed by atoms with Crippen molar-refractivity contribution in [3.8, 4) is 0 Å². The molecule has 2 N–H and O–H groups in total. The molecule has 0 spiro atoms. The number of rotatable bonds is 6. The second-order valence-corrected chi connectivity index (χ2v) is 6.77. The Kier molecular flexibility index (Phi) is 5.03. The molecule has 2 aromatic rings. The first-order chi connectivity index (χ1) is 9.96. The van der Waals surface area contributed by atoms with Crippen LogP contribution >= 0.6 is 15.9 Å². The van der Waals surface area contributed by atoms with E-state index in [2.05, 4.69) is 26.0 Å². The van der Waals surface area contributed by atoms with Crippen LogP contribution in [-0.2, 0) is 10.0 Å². The minimum Gasteiger partial charge on any atom is -0.444 e. The van der Waals surface area contributed by atoms with E-state index in [1.54, 1.807) is 36.4 Å². The predicted molar refractivity (Wildman–Crippen MR) is 82.6 cm³/mol. The number of carbonyl (C=O) groups excluding carboxylic acids is 1. The molecule has 1 heterocycles. The maximum absolute atomic E-state index is 11.8. The van der Waals surface area contributed by atoms with Crippen LogP contribution in [0.15, 0.2) is 51.6 Å². The summed E-state index contributed by atoms with van der Waals surface area (Å²) in [5, 5.41) is 2.48. The highest BCUT2D eigenvalue weighted by atomic mass is 79.9. The third-order valence-corrected chi connectivity index (χ3v) is 4.21. The van der Waals surface area contributed by atoms with Gasteiger partial charge in [0.15, 0.2) is 10.4 Å². The average Bonchev–Trinajstić information content (AvgIpc) is 2.86. The summed E-state index contributed by atoms with van der Waals surface area (Å²) >= 11 is 3.08. The highest BCUT2D eigenvalue weighted by Crippen LogP contribution is 2.13. The first-order valence-electron chi connectivity index (χ1n) is 6.05. The fourth-order valence-electron chi connectivity index (χ4n) is 1.56. The number of carbonyl (C=O) groups is 1. The summed E-state index contributed by atoms with van der Waals surface area (Å²) in [5.41, 5.74) is 0.485. The number of hydrogen-bond donors (Lipinski definition) is 2. The third kappa shape index (κ3) is 4.91. The Bertz CT molecular complexity index is 713. The second kappa shape index (κ2) is 6.77. The monoisotopic (exact) mass is 372 g/mol. The normalized spacial score (nSPS) is 11.1. The molecule has 0 radical (unpaired) electrons. The molecular weight excluding hydrogens is 360 g/mol. The number of anilines is 1. The summed E-state index contributed by atoms with van der Waals surface area (Å²) in [6.07, 6.45) is 0. The van der Waals surface area contributed by atoms with E-state index in [4.69, 9.17) is 4.42 Å². The van der Waals surface area contributed by atoms with E-state index in [1.807, 2.05) is 0 Å². The Morgan fingerprint density at radius 3 is 2.48 bits per heavy atom. The van der Waals surface area contributed by atoms with Crippen molar-refractivity contribution < 1.29 is 17.6 Å². The zero-order valence-electron chi connectivity index (χ0n) is 10.9. The molecule has 21 heavy (non-hydrogen) atoms. The lowest BCUT2D eigenvalue weighted by Gasteiger charge is -2.08. The number of amides is 1. The lowest BCUT2D eigenvalue weighted by atomic mass is 10.3. The second-order valence-electron chi connectivity index (χ2n) is 4.15. The number of para-hydroxylation sites is 1. The summed E-state index contributed by atoms with van der Waals surface area (Å²) in [7, 11) is -3.51. The van der Waals surface area contributed by atoms with E-state index in [9.17, 15) is 13.2 Å². The number of hydrogen-bond acceptors (Lipinski definition) is 4. The van der Waals surface area contributed by atoms with E-state index in [0.717, 1.165) is 0 Å². The van der Waals surface area contributed by atoms with Crippen molar-refractivity contribution >= 4 is 37.5 Å². The van der Waals surface area contributed by atoms with Crippen molar-refractivity contribution in [2.24, 2.45) is 0 Å². The fraction of sp³-hybridized carbons (Fsp3) is 0.154. The van der Waals surface area contributed by atoms with Gasteiger partial charge in [0, 0.05) is 12.2 Å². The van der Waals surface area contributed by atoms with E-state index >= 15 is 0 Å². The van der Waals surface area contributed by atoms with Crippen LogP contribution < -0.4 is 10.0 Å². The molecule has 0 unspecified atom stereocenters. The Balaban J connectivity index is 1.83. The van der Waals surface area contributed by atoms with E-state index in [0.29, 0.717) is 10.4 Å². The third-order valence-electron chi connectivity index (χ3n) is 2.50. The topological polar surface area (TPSA) is 88.4 Å². The molecule has 0 aliphatic heterocycles. The molecule has 1 aromatic carbocycles. The van der Waals surface area contributed by atoms with Gasteiger partial charge in [-0.1, -0.05) is 18.2 Å². The van der Waals surface area contributed by atoms with E-state index < -0.39 is 15.9 Å². The summed E-state index contributed by atoms with van der Waals surface area (Å²) in [6, 6.07) is 11.6. The SMILES string of the molecule is O=C(NCCS(=O)(=O)Nc1ccccc1)c1ccc(Br)o1. The first kappa shape index (κ1) is 15.6. The molecule has 0 fully saturated rings. The van der Waals surface area contributed by atoms with Gasteiger partial charge < -0.3 is 9.73 Å². The smallest absolute Gasteiger partial charge is 0.287 e. The van der Waals surface area contributed by atoms with Crippen molar-refractivity contribution in [1.29, 1.82) is 0 Å². The largest absolute Gasteiger partial charge is 0.444 e. The van der Waals surface area contributed by atoms with E-state index in [1.165, 1.54) is 6.07 Å². The summed E-state index contributed by atoms with van der Waals surface area (Å²) in [5.74, 6) is -0.568. The highest BCUT2D eigenvalue weighted by molar-refractivity contribution is 9.10. The number of benzene rings is 1. The fourth-order valence-corrected chi connectivity index (χ4v) is 2.83. The van der Waals surface area contributed by atoms with Gasteiger partial charge in [0.2, 0.25) is 10.0 Å². The molecule has 112 valence electrons. The van der Waals surface area contributed by atoms with Gasteiger partial charge >= 0.3 is 0 Å². The quantitative estimate of drug-likeness (QED) is 0.813.